The lowest BCUT2D eigenvalue weighted by Crippen LogP contribution is -2.40. The Morgan fingerprint density at radius 1 is 1.38 bits per heavy atom. The van der Waals surface area contributed by atoms with Gasteiger partial charge in [-0.3, -0.25) is 4.99 Å². The fraction of sp³-hybridized carbons (Fsp3) is 0.526. The summed E-state index contributed by atoms with van der Waals surface area (Å²) in [5.74, 6) is 1.60. The summed E-state index contributed by atoms with van der Waals surface area (Å²) in [6, 6.07) is 10.4. The number of halogens is 1. The van der Waals surface area contributed by atoms with Crippen molar-refractivity contribution in [3.63, 3.8) is 0 Å². The number of benzene rings is 1. The van der Waals surface area contributed by atoms with Crippen molar-refractivity contribution in [3.8, 4) is 0 Å². The van der Waals surface area contributed by atoms with Crippen molar-refractivity contribution in [2.75, 3.05) is 33.3 Å². The van der Waals surface area contributed by atoms with Crippen LogP contribution in [0, 0.1) is 5.92 Å². The van der Waals surface area contributed by atoms with Crippen molar-refractivity contribution < 1.29 is 4.74 Å². The molecule has 1 aliphatic rings. The van der Waals surface area contributed by atoms with Gasteiger partial charge in [0.2, 0.25) is 0 Å². The summed E-state index contributed by atoms with van der Waals surface area (Å²) in [6.07, 6.45) is 6.46. The van der Waals surface area contributed by atoms with Crippen LogP contribution >= 0.6 is 24.0 Å². The van der Waals surface area contributed by atoms with Gasteiger partial charge in [0.05, 0.1) is 13.2 Å². The minimum Gasteiger partial charge on any atom is -0.376 e. The molecule has 1 saturated heterocycles. The number of nitrogens with zero attached hydrogens (tertiary/aromatic N) is 2. The summed E-state index contributed by atoms with van der Waals surface area (Å²) < 4.78 is 5.88. The second-order valence-electron chi connectivity index (χ2n) is 5.93. The average Bonchev–Trinajstić information content (AvgIpc) is 3.05. The number of aliphatic imine (C=N–C) groups is 1. The number of ether oxygens (including phenoxy) is 1. The second kappa shape index (κ2) is 12.3. The van der Waals surface area contributed by atoms with Gasteiger partial charge in [0, 0.05) is 32.6 Å². The molecule has 1 heterocycles. The van der Waals surface area contributed by atoms with E-state index in [1.807, 2.05) is 13.1 Å². The Morgan fingerprint density at radius 3 is 2.88 bits per heavy atom. The van der Waals surface area contributed by atoms with Crippen molar-refractivity contribution in [1.29, 1.82) is 0 Å². The van der Waals surface area contributed by atoms with Crippen LogP contribution in [-0.2, 0) is 11.3 Å². The molecular formula is C19H30IN3O. The fourth-order valence-electron chi connectivity index (χ4n) is 2.84. The fourth-order valence-corrected chi connectivity index (χ4v) is 2.84. The lowest BCUT2D eigenvalue weighted by molar-refractivity contribution is 0.0907. The van der Waals surface area contributed by atoms with Crippen LogP contribution < -0.4 is 5.32 Å². The molecule has 0 amide bonds. The first kappa shape index (κ1) is 21.0. The third-order valence-electron chi connectivity index (χ3n) is 4.09. The standard InChI is InChI=1S/C19H29N3O.HI/c1-3-4-8-12-21-19(20-2)22-13-11-18(14-22)16-23-15-17-9-6-5-7-10-17;/h3-7,9-10,18H,8,11-16H2,1-2H3,(H,20,21);1H/b4-3+;. The lowest BCUT2D eigenvalue weighted by Gasteiger charge is -2.21. The quantitative estimate of drug-likeness (QED) is 0.230. The molecule has 134 valence electrons. The number of rotatable bonds is 7. The number of hydrogen-bond acceptors (Lipinski definition) is 2. The van der Waals surface area contributed by atoms with E-state index in [4.69, 9.17) is 4.74 Å². The van der Waals surface area contributed by atoms with Crippen LogP contribution in [0.1, 0.15) is 25.3 Å². The zero-order valence-electron chi connectivity index (χ0n) is 14.8. The molecule has 1 atom stereocenters. The molecule has 1 aliphatic heterocycles. The second-order valence-corrected chi connectivity index (χ2v) is 5.93. The van der Waals surface area contributed by atoms with Gasteiger partial charge < -0.3 is 15.0 Å². The Labute approximate surface area is 163 Å². The van der Waals surface area contributed by atoms with E-state index in [1.165, 1.54) is 12.0 Å². The van der Waals surface area contributed by atoms with Gasteiger partial charge in [-0.25, -0.2) is 0 Å². The van der Waals surface area contributed by atoms with E-state index in [2.05, 4.69) is 58.6 Å². The van der Waals surface area contributed by atoms with Gasteiger partial charge in [0.25, 0.3) is 0 Å². The third-order valence-corrected chi connectivity index (χ3v) is 4.09. The van der Waals surface area contributed by atoms with Crippen molar-refractivity contribution in [1.82, 2.24) is 10.2 Å². The van der Waals surface area contributed by atoms with E-state index in [0.717, 1.165) is 38.6 Å². The van der Waals surface area contributed by atoms with Crippen molar-refractivity contribution in [3.05, 3.63) is 48.0 Å². The molecule has 0 radical (unpaired) electrons. The molecule has 1 fully saturated rings. The first-order valence-electron chi connectivity index (χ1n) is 8.52. The van der Waals surface area contributed by atoms with Gasteiger partial charge >= 0.3 is 0 Å². The first-order chi connectivity index (χ1) is 11.3. The van der Waals surface area contributed by atoms with Gasteiger partial charge in [-0.15, -0.1) is 24.0 Å². The Hall–Kier alpha value is -1.08. The molecule has 1 aromatic rings. The predicted octanol–water partition coefficient (Wildman–Crippen LogP) is 3.68. The predicted molar refractivity (Wildman–Crippen MR) is 112 cm³/mol. The SMILES string of the molecule is C/C=C/CCNC(=NC)N1CCC(COCc2ccccc2)C1.I. The molecule has 24 heavy (non-hydrogen) atoms. The van der Waals surface area contributed by atoms with Gasteiger partial charge in [0.1, 0.15) is 0 Å². The van der Waals surface area contributed by atoms with Gasteiger partial charge in [0.15, 0.2) is 5.96 Å². The van der Waals surface area contributed by atoms with Crippen LogP contribution in [-0.4, -0.2) is 44.1 Å². The number of nitrogens with one attached hydrogen (secondary N) is 1. The van der Waals surface area contributed by atoms with Crippen LogP contribution in [0.4, 0.5) is 0 Å². The Bertz CT molecular complexity index is 505. The molecule has 4 nitrogen and oxygen atoms in total. The molecule has 0 spiro atoms. The zero-order valence-corrected chi connectivity index (χ0v) is 17.1. The van der Waals surface area contributed by atoms with Gasteiger partial charge in [-0.2, -0.15) is 0 Å². The monoisotopic (exact) mass is 443 g/mol. The van der Waals surface area contributed by atoms with Crippen molar-refractivity contribution in [2.45, 2.75) is 26.4 Å². The summed E-state index contributed by atoms with van der Waals surface area (Å²) in [7, 11) is 1.86. The largest absolute Gasteiger partial charge is 0.376 e. The average molecular weight is 443 g/mol. The van der Waals surface area contributed by atoms with Crippen LogP contribution in [0.5, 0.6) is 0 Å². The number of guanidine groups is 1. The normalized spacial score (nSPS) is 18.0. The maximum Gasteiger partial charge on any atom is 0.193 e. The summed E-state index contributed by atoms with van der Waals surface area (Å²) in [5.41, 5.74) is 1.24. The van der Waals surface area contributed by atoms with E-state index >= 15 is 0 Å². The lowest BCUT2D eigenvalue weighted by atomic mass is 10.1. The molecule has 1 N–H and O–H groups in total. The van der Waals surface area contributed by atoms with E-state index in [0.29, 0.717) is 12.5 Å². The first-order valence-corrected chi connectivity index (χ1v) is 8.52. The summed E-state index contributed by atoms with van der Waals surface area (Å²) in [4.78, 5) is 6.74. The van der Waals surface area contributed by atoms with Gasteiger partial charge in [-0.1, -0.05) is 42.5 Å². The smallest absolute Gasteiger partial charge is 0.193 e. The van der Waals surface area contributed by atoms with Crippen LogP contribution in [0.3, 0.4) is 0 Å². The van der Waals surface area contributed by atoms with Crippen LogP contribution in [0.15, 0.2) is 47.5 Å². The van der Waals surface area contributed by atoms with Crippen LogP contribution in [0.2, 0.25) is 0 Å². The number of allylic oxidation sites excluding steroid dienone is 1. The van der Waals surface area contributed by atoms with E-state index in [9.17, 15) is 0 Å². The maximum absolute atomic E-state index is 5.88. The minimum absolute atomic E-state index is 0. The Balaban J connectivity index is 0.00000288. The number of likely N-dealkylation sites (tertiary alicyclic amines) is 1. The van der Waals surface area contributed by atoms with Crippen molar-refractivity contribution >= 4 is 29.9 Å². The highest BCUT2D eigenvalue weighted by atomic mass is 127. The molecule has 2 rings (SSSR count). The molecular weight excluding hydrogens is 413 g/mol. The molecule has 0 aromatic heterocycles. The molecule has 5 heteroatoms. The molecule has 0 bridgehead atoms. The Kier molecular flexibility index (Phi) is 10.7. The topological polar surface area (TPSA) is 36.9 Å². The minimum atomic E-state index is 0. The molecule has 1 unspecified atom stereocenters. The van der Waals surface area contributed by atoms with Gasteiger partial charge in [-0.05, 0) is 25.3 Å². The molecule has 0 aliphatic carbocycles. The molecule has 0 saturated carbocycles. The summed E-state index contributed by atoms with van der Waals surface area (Å²) in [6.45, 7) is 6.59. The summed E-state index contributed by atoms with van der Waals surface area (Å²) >= 11 is 0. The van der Waals surface area contributed by atoms with E-state index in [-0.39, 0.29) is 24.0 Å². The van der Waals surface area contributed by atoms with Crippen LogP contribution in [0.25, 0.3) is 0 Å². The highest BCUT2D eigenvalue weighted by molar-refractivity contribution is 14.0. The summed E-state index contributed by atoms with van der Waals surface area (Å²) in [5, 5.41) is 3.43. The highest BCUT2D eigenvalue weighted by Gasteiger charge is 2.24. The Morgan fingerprint density at radius 2 is 2.17 bits per heavy atom. The van der Waals surface area contributed by atoms with E-state index in [1.54, 1.807) is 0 Å². The molecule has 1 aromatic carbocycles. The number of hydrogen-bond donors (Lipinski definition) is 1. The highest BCUT2D eigenvalue weighted by Crippen LogP contribution is 2.17. The van der Waals surface area contributed by atoms with Crippen molar-refractivity contribution in [2.24, 2.45) is 10.9 Å². The van der Waals surface area contributed by atoms with E-state index < -0.39 is 0 Å². The maximum atomic E-state index is 5.88. The zero-order chi connectivity index (χ0) is 16.3. The third kappa shape index (κ3) is 7.21.